The molecule has 1 saturated carbocycles. The molecule has 2 rings (SSSR count). The second kappa shape index (κ2) is 6.42. The second-order valence-electron chi connectivity index (χ2n) is 5.90. The minimum absolute atomic E-state index is 0.310. The third-order valence-electron chi connectivity index (χ3n) is 4.20. The first-order valence-corrected chi connectivity index (χ1v) is 7.42. The molecular weight excluding hydrogens is 238 g/mol. The van der Waals surface area contributed by atoms with Crippen molar-refractivity contribution >= 4 is 5.95 Å². The molecule has 0 aliphatic heterocycles. The van der Waals surface area contributed by atoms with Gasteiger partial charge in [-0.05, 0) is 39.5 Å². The quantitative estimate of drug-likeness (QED) is 0.857. The van der Waals surface area contributed by atoms with Crippen LogP contribution in [0.2, 0.25) is 0 Å². The molecule has 4 nitrogen and oxygen atoms in total. The number of aromatic nitrogens is 2. The molecule has 0 radical (unpaired) electrons. The second-order valence-corrected chi connectivity index (χ2v) is 5.90. The summed E-state index contributed by atoms with van der Waals surface area (Å²) < 4.78 is 7.45. The largest absolute Gasteiger partial charge is 0.383 e. The van der Waals surface area contributed by atoms with Gasteiger partial charge >= 0.3 is 0 Å². The zero-order valence-corrected chi connectivity index (χ0v) is 12.6. The van der Waals surface area contributed by atoms with Crippen molar-refractivity contribution in [3.8, 4) is 0 Å². The van der Waals surface area contributed by atoms with Gasteiger partial charge in [-0.3, -0.25) is 0 Å². The lowest BCUT2D eigenvalue weighted by molar-refractivity contribution is 0.163. The van der Waals surface area contributed by atoms with E-state index in [4.69, 9.17) is 4.74 Å². The Morgan fingerprint density at radius 3 is 2.74 bits per heavy atom. The van der Waals surface area contributed by atoms with Crippen LogP contribution in [0.4, 0.5) is 5.95 Å². The molecule has 4 heteroatoms. The van der Waals surface area contributed by atoms with Crippen LogP contribution < -0.4 is 5.32 Å². The van der Waals surface area contributed by atoms with Crippen LogP contribution in [0.15, 0.2) is 6.20 Å². The van der Waals surface area contributed by atoms with E-state index >= 15 is 0 Å². The smallest absolute Gasteiger partial charge is 0.203 e. The van der Waals surface area contributed by atoms with Crippen molar-refractivity contribution in [2.75, 3.05) is 19.0 Å². The van der Waals surface area contributed by atoms with Crippen molar-refractivity contribution in [2.45, 2.75) is 58.5 Å². The first-order chi connectivity index (χ1) is 9.11. The molecule has 0 spiro atoms. The number of ether oxygens (including phenoxy) is 1. The summed E-state index contributed by atoms with van der Waals surface area (Å²) >= 11 is 0. The lowest BCUT2D eigenvalue weighted by atomic mass is 10.0. The van der Waals surface area contributed by atoms with Gasteiger partial charge in [0.25, 0.3) is 0 Å². The highest BCUT2D eigenvalue weighted by Crippen LogP contribution is 2.29. The molecule has 1 heterocycles. The monoisotopic (exact) mass is 265 g/mol. The van der Waals surface area contributed by atoms with Gasteiger partial charge in [0, 0.05) is 19.3 Å². The summed E-state index contributed by atoms with van der Waals surface area (Å²) in [5.41, 5.74) is 1.06. The van der Waals surface area contributed by atoms with Crippen molar-refractivity contribution < 1.29 is 4.74 Å². The molecule has 1 aromatic rings. The maximum absolute atomic E-state index is 5.25. The normalized spacial score (nSPS) is 19.6. The predicted octanol–water partition coefficient (Wildman–Crippen LogP) is 3.39. The third-order valence-corrected chi connectivity index (χ3v) is 4.20. The van der Waals surface area contributed by atoms with Gasteiger partial charge in [-0.15, -0.1) is 0 Å². The molecule has 2 unspecified atom stereocenters. The fourth-order valence-electron chi connectivity index (χ4n) is 3.06. The maximum atomic E-state index is 5.25. The number of anilines is 1. The van der Waals surface area contributed by atoms with Gasteiger partial charge in [0.2, 0.25) is 5.95 Å². The lowest BCUT2D eigenvalue weighted by Gasteiger charge is -2.23. The Morgan fingerprint density at radius 2 is 2.11 bits per heavy atom. The number of imidazole rings is 1. The van der Waals surface area contributed by atoms with E-state index < -0.39 is 0 Å². The van der Waals surface area contributed by atoms with Crippen LogP contribution in [0.25, 0.3) is 0 Å². The Bertz CT molecular complexity index is 396. The molecular formula is C15H27N3O. The number of rotatable bonds is 6. The van der Waals surface area contributed by atoms with E-state index in [2.05, 4.69) is 34.9 Å². The van der Waals surface area contributed by atoms with Gasteiger partial charge in [-0.1, -0.05) is 12.8 Å². The summed E-state index contributed by atoms with van der Waals surface area (Å²) in [6, 6.07) is 0.808. The average molecular weight is 265 g/mol. The van der Waals surface area contributed by atoms with Gasteiger partial charge in [0.15, 0.2) is 0 Å². The molecule has 19 heavy (non-hydrogen) atoms. The van der Waals surface area contributed by atoms with Crippen LogP contribution in [-0.2, 0) is 4.74 Å². The van der Waals surface area contributed by atoms with Crippen LogP contribution in [0.5, 0.6) is 0 Å². The SMILES string of the molecule is COCC(C)n1cc(C)nc1NC(C)C1CCCC1. The summed E-state index contributed by atoms with van der Waals surface area (Å²) in [7, 11) is 1.74. The van der Waals surface area contributed by atoms with Crippen LogP contribution >= 0.6 is 0 Å². The van der Waals surface area contributed by atoms with Crippen molar-refractivity contribution in [2.24, 2.45) is 5.92 Å². The van der Waals surface area contributed by atoms with E-state index in [0.29, 0.717) is 18.7 Å². The Hall–Kier alpha value is -1.03. The number of nitrogens with one attached hydrogen (secondary N) is 1. The summed E-state index contributed by atoms with van der Waals surface area (Å²) in [5.74, 6) is 1.78. The number of aryl methyl sites for hydroxylation is 1. The van der Waals surface area contributed by atoms with Gasteiger partial charge in [0.05, 0.1) is 18.3 Å². The molecule has 0 saturated heterocycles. The number of hydrogen-bond donors (Lipinski definition) is 1. The van der Waals surface area contributed by atoms with Crippen molar-refractivity contribution in [1.29, 1.82) is 0 Å². The van der Waals surface area contributed by atoms with E-state index in [1.54, 1.807) is 7.11 Å². The molecule has 0 aromatic carbocycles. The Labute approximate surface area is 116 Å². The standard InChI is InChI=1S/C15H27N3O/c1-11-9-18(12(2)10-19-4)15(16-11)17-13(3)14-7-5-6-8-14/h9,12-14H,5-8,10H2,1-4H3,(H,16,17). The zero-order valence-electron chi connectivity index (χ0n) is 12.6. The Kier molecular flexibility index (Phi) is 4.86. The summed E-state index contributed by atoms with van der Waals surface area (Å²) in [6.07, 6.45) is 7.56. The Balaban J connectivity index is 2.06. The van der Waals surface area contributed by atoms with Gasteiger partial charge < -0.3 is 14.6 Å². The first-order valence-electron chi connectivity index (χ1n) is 7.42. The third kappa shape index (κ3) is 3.50. The number of methoxy groups -OCH3 is 1. The maximum Gasteiger partial charge on any atom is 0.203 e. The molecule has 108 valence electrons. The van der Waals surface area contributed by atoms with Gasteiger partial charge in [-0.25, -0.2) is 4.98 Å². The summed E-state index contributed by atoms with van der Waals surface area (Å²) in [5, 5.41) is 3.61. The molecule has 0 bridgehead atoms. The zero-order chi connectivity index (χ0) is 13.8. The first kappa shape index (κ1) is 14.4. The molecule has 1 aliphatic carbocycles. The fraction of sp³-hybridized carbons (Fsp3) is 0.800. The van der Waals surface area contributed by atoms with Crippen LogP contribution in [0.3, 0.4) is 0 Å². The number of nitrogens with zero attached hydrogens (tertiary/aromatic N) is 2. The molecule has 0 amide bonds. The minimum atomic E-state index is 0.310. The van der Waals surface area contributed by atoms with Crippen LogP contribution in [-0.4, -0.2) is 29.3 Å². The topological polar surface area (TPSA) is 39.1 Å². The molecule has 1 N–H and O–H groups in total. The lowest BCUT2D eigenvalue weighted by Crippen LogP contribution is -2.26. The Morgan fingerprint density at radius 1 is 1.42 bits per heavy atom. The van der Waals surface area contributed by atoms with E-state index in [-0.39, 0.29) is 0 Å². The summed E-state index contributed by atoms with van der Waals surface area (Å²) in [6.45, 7) is 7.20. The van der Waals surface area contributed by atoms with E-state index in [9.17, 15) is 0 Å². The molecule has 1 fully saturated rings. The van der Waals surface area contributed by atoms with E-state index in [1.165, 1.54) is 25.7 Å². The average Bonchev–Trinajstić information content (AvgIpc) is 2.98. The van der Waals surface area contributed by atoms with Crippen molar-refractivity contribution in [3.63, 3.8) is 0 Å². The highest BCUT2D eigenvalue weighted by molar-refractivity contribution is 5.31. The highest BCUT2D eigenvalue weighted by atomic mass is 16.5. The molecule has 1 aliphatic rings. The predicted molar refractivity (Wildman–Crippen MR) is 78.6 cm³/mol. The summed E-state index contributed by atoms with van der Waals surface area (Å²) in [4.78, 5) is 4.62. The minimum Gasteiger partial charge on any atom is -0.383 e. The van der Waals surface area contributed by atoms with Crippen LogP contribution in [0.1, 0.15) is 51.3 Å². The molecule has 1 aromatic heterocycles. The fourth-order valence-corrected chi connectivity index (χ4v) is 3.06. The molecule has 2 atom stereocenters. The van der Waals surface area contributed by atoms with Crippen molar-refractivity contribution in [1.82, 2.24) is 9.55 Å². The van der Waals surface area contributed by atoms with Crippen molar-refractivity contribution in [3.05, 3.63) is 11.9 Å². The van der Waals surface area contributed by atoms with Gasteiger partial charge in [0.1, 0.15) is 0 Å². The highest BCUT2D eigenvalue weighted by Gasteiger charge is 2.23. The van der Waals surface area contributed by atoms with Gasteiger partial charge in [-0.2, -0.15) is 0 Å². The van der Waals surface area contributed by atoms with E-state index in [1.807, 2.05) is 6.92 Å². The number of hydrogen-bond acceptors (Lipinski definition) is 3. The van der Waals surface area contributed by atoms with E-state index in [0.717, 1.165) is 17.6 Å². The van der Waals surface area contributed by atoms with Crippen LogP contribution in [0, 0.1) is 12.8 Å².